The summed E-state index contributed by atoms with van der Waals surface area (Å²) in [5, 5.41) is 23.3. The predicted molar refractivity (Wildman–Crippen MR) is 74.5 cm³/mol. The second kappa shape index (κ2) is 5.59. The lowest BCUT2D eigenvalue weighted by Gasteiger charge is -2.19. The number of nitrogens with one attached hydrogen (secondary N) is 1. The lowest BCUT2D eigenvalue weighted by molar-refractivity contribution is -0.418. The van der Waals surface area contributed by atoms with Crippen LogP contribution in [0.2, 0.25) is 0 Å². The van der Waals surface area contributed by atoms with Crippen LogP contribution in [0.15, 0.2) is 71.1 Å². The number of ether oxygens (including phenoxy) is 1. The van der Waals surface area contributed by atoms with Gasteiger partial charge in [-0.15, -0.1) is 0 Å². The van der Waals surface area contributed by atoms with Gasteiger partial charge in [0.2, 0.25) is 17.6 Å². The molecule has 3 aliphatic rings. The standard InChI is InChI=1S/C14H8FN3O6/c15-12-3-1-2-9(17(12)21)14-16-8(6-24-14)7-4-10(18(22)23)13(20)11(19)5-7/h1-6,16,21H/b14-9-. The van der Waals surface area contributed by atoms with Crippen molar-refractivity contribution in [3.8, 4) is 0 Å². The fourth-order valence-corrected chi connectivity index (χ4v) is 2.09. The van der Waals surface area contributed by atoms with Gasteiger partial charge in [0.05, 0.1) is 10.6 Å². The molecule has 0 radical (unpaired) electrons. The molecule has 0 saturated carbocycles. The molecule has 0 aromatic heterocycles. The highest BCUT2D eigenvalue weighted by atomic mass is 19.1. The fourth-order valence-electron chi connectivity index (χ4n) is 2.09. The first-order valence-corrected chi connectivity index (χ1v) is 6.46. The smallest absolute Gasteiger partial charge is 0.321 e. The summed E-state index contributed by atoms with van der Waals surface area (Å²) >= 11 is 0. The van der Waals surface area contributed by atoms with Crippen molar-refractivity contribution in [2.45, 2.75) is 0 Å². The molecular formula is C14H8FN3O6. The minimum atomic E-state index is -1.22. The molecule has 1 aliphatic carbocycles. The summed E-state index contributed by atoms with van der Waals surface area (Å²) < 4.78 is 18.5. The summed E-state index contributed by atoms with van der Waals surface area (Å²) in [4.78, 5) is 32.9. The van der Waals surface area contributed by atoms with Crippen molar-refractivity contribution < 1.29 is 28.8 Å². The maximum absolute atomic E-state index is 13.3. The van der Waals surface area contributed by atoms with Crippen molar-refractivity contribution in [2.75, 3.05) is 0 Å². The molecule has 0 aromatic rings. The number of allylic oxidation sites excluding steroid dienone is 6. The molecule has 122 valence electrons. The largest absolute Gasteiger partial charge is 0.444 e. The van der Waals surface area contributed by atoms with Gasteiger partial charge < -0.3 is 10.1 Å². The van der Waals surface area contributed by atoms with Crippen LogP contribution in [0.1, 0.15) is 0 Å². The Morgan fingerprint density at radius 1 is 1.33 bits per heavy atom. The summed E-state index contributed by atoms with van der Waals surface area (Å²) in [5.74, 6) is -3.26. The van der Waals surface area contributed by atoms with E-state index < -0.39 is 28.1 Å². The molecule has 9 nitrogen and oxygen atoms in total. The molecule has 0 atom stereocenters. The SMILES string of the molecule is O=C1C=C(C2=CO/C(=C3/C=CC=C(F)N3O)N2)C=C([N+](=O)[O-])C1=O. The molecule has 2 aliphatic heterocycles. The summed E-state index contributed by atoms with van der Waals surface area (Å²) in [6, 6.07) is 0. The minimum Gasteiger partial charge on any atom is -0.444 e. The highest BCUT2D eigenvalue weighted by Crippen LogP contribution is 2.27. The van der Waals surface area contributed by atoms with E-state index in [1.165, 1.54) is 12.2 Å². The lowest BCUT2D eigenvalue weighted by Crippen LogP contribution is -2.25. The van der Waals surface area contributed by atoms with Crippen LogP contribution in [-0.4, -0.2) is 26.8 Å². The van der Waals surface area contributed by atoms with E-state index in [1.807, 2.05) is 0 Å². The number of ketones is 2. The second-order valence-electron chi connectivity index (χ2n) is 4.73. The third-order valence-corrected chi connectivity index (χ3v) is 3.24. The molecule has 0 saturated heterocycles. The van der Waals surface area contributed by atoms with Crippen molar-refractivity contribution in [3.63, 3.8) is 0 Å². The van der Waals surface area contributed by atoms with Crippen LogP contribution in [0.4, 0.5) is 4.39 Å². The van der Waals surface area contributed by atoms with Gasteiger partial charge in [-0.1, -0.05) is 6.08 Å². The predicted octanol–water partition coefficient (Wildman–Crippen LogP) is 0.927. The first-order valence-electron chi connectivity index (χ1n) is 6.46. The van der Waals surface area contributed by atoms with Crippen LogP contribution >= 0.6 is 0 Å². The third-order valence-electron chi connectivity index (χ3n) is 3.24. The summed E-state index contributed by atoms with van der Waals surface area (Å²) in [7, 11) is 0. The van der Waals surface area contributed by atoms with Crippen LogP contribution in [0.3, 0.4) is 0 Å². The Bertz CT molecular complexity index is 862. The molecule has 0 fully saturated rings. The molecule has 2 heterocycles. The van der Waals surface area contributed by atoms with Crippen LogP contribution in [-0.2, 0) is 14.3 Å². The quantitative estimate of drug-likeness (QED) is 0.252. The van der Waals surface area contributed by atoms with E-state index in [9.17, 15) is 29.3 Å². The van der Waals surface area contributed by atoms with Crippen molar-refractivity contribution in [1.29, 1.82) is 0 Å². The van der Waals surface area contributed by atoms with Gasteiger partial charge in [0, 0.05) is 11.6 Å². The normalized spacial score (nSPS) is 23.2. The van der Waals surface area contributed by atoms with Gasteiger partial charge in [0.25, 0.3) is 0 Å². The van der Waals surface area contributed by atoms with E-state index in [0.717, 1.165) is 24.5 Å². The molecule has 2 N–H and O–H groups in total. The Balaban J connectivity index is 1.89. The van der Waals surface area contributed by atoms with Crippen LogP contribution in [0.5, 0.6) is 0 Å². The second-order valence-corrected chi connectivity index (χ2v) is 4.73. The Kier molecular flexibility index (Phi) is 3.58. The highest BCUT2D eigenvalue weighted by molar-refractivity contribution is 6.47. The van der Waals surface area contributed by atoms with E-state index in [0.29, 0.717) is 0 Å². The number of hydrogen-bond donors (Lipinski definition) is 2. The topological polar surface area (TPSA) is 122 Å². The number of hydrogen-bond acceptors (Lipinski definition) is 8. The van der Waals surface area contributed by atoms with Gasteiger partial charge in [0.1, 0.15) is 12.0 Å². The molecule has 0 aromatic carbocycles. The van der Waals surface area contributed by atoms with E-state index in [2.05, 4.69) is 5.32 Å². The average Bonchev–Trinajstić information content (AvgIpc) is 3.02. The third kappa shape index (κ3) is 2.50. The van der Waals surface area contributed by atoms with Crippen LogP contribution in [0, 0.1) is 10.1 Å². The van der Waals surface area contributed by atoms with Gasteiger partial charge in [-0.25, -0.2) is 0 Å². The van der Waals surface area contributed by atoms with Crippen LogP contribution in [0.25, 0.3) is 0 Å². The highest BCUT2D eigenvalue weighted by Gasteiger charge is 2.34. The van der Waals surface area contributed by atoms with E-state index in [1.54, 1.807) is 0 Å². The molecule has 24 heavy (non-hydrogen) atoms. The summed E-state index contributed by atoms with van der Waals surface area (Å²) in [5.41, 5.74) is -0.744. The Morgan fingerprint density at radius 2 is 2.08 bits per heavy atom. The molecule has 0 spiro atoms. The number of nitro groups is 1. The van der Waals surface area contributed by atoms with E-state index in [-0.39, 0.29) is 27.9 Å². The van der Waals surface area contributed by atoms with Crippen molar-refractivity contribution in [2.24, 2.45) is 0 Å². The van der Waals surface area contributed by atoms with Crippen molar-refractivity contribution >= 4 is 11.6 Å². The number of carbonyl (C=O) groups is 2. The molecule has 0 unspecified atom stereocenters. The summed E-state index contributed by atoms with van der Waals surface area (Å²) in [6.45, 7) is 0. The summed E-state index contributed by atoms with van der Waals surface area (Å²) in [6.07, 6.45) is 6.66. The van der Waals surface area contributed by atoms with Gasteiger partial charge in [-0.05, 0) is 18.2 Å². The Hall–Kier alpha value is -3.53. The molecule has 10 heteroatoms. The van der Waals surface area contributed by atoms with Gasteiger partial charge in [0.15, 0.2) is 0 Å². The maximum Gasteiger partial charge on any atom is 0.321 e. The van der Waals surface area contributed by atoms with Crippen molar-refractivity contribution in [3.05, 3.63) is 81.3 Å². The number of hydroxylamine groups is 2. The number of rotatable bonds is 2. The Labute approximate surface area is 133 Å². The minimum absolute atomic E-state index is 0.0437. The fraction of sp³-hybridized carbons (Fsp3) is 0. The molecular weight excluding hydrogens is 325 g/mol. The van der Waals surface area contributed by atoms with Gasteiger partial charge >= 0.3 is 11.5 Å². The van der Waals surface area contributed by atoms with Crippen molar-refractivity contribution in [1.82, 2.24) is 10.4 Å². The first-order chi connectivity index (χ1) is 11.4. The zero-order valence-corrected chi connectivity index (χ0v) is 11.7. The Morgan fingerprint density at radius 3 is 2.79 bits per heavy atom. The van der Waals surface area contributed by atoms with Gasteiger partial charge in [-0.2, -0.15) is 9.45 Å². The molecule has 0 amide bonds. The number of nitrogens with zero attached hydrogens (tertiary/aromatic N) is 2. The maximum atomic E-state index is 13.3. The zero-order valence-electron chi connectivity index (χ0n) is 11.7. The monoisotopic (exact) mass is 333 g/mol. The zero-order chi connectivity index (χ0) is 17.4. The van der Waals surface area contributed by atoms with E-state index in [4.69, 9.17) is 4.74 Å². The van der Waals surface area contributed by atoms with Gasteiger partial charge in [-0.3, -0.25) is 24.9 Å². The first kappa shape index (κ1) is 15.4. The number of carbonyl (C=O) groups excluding carboxylic acids is 2. The number of halogens is 1. The molecule has 0 bridgehead atoms. The average molecular weight is 333 g/mol. The number of Topliss-reactive ketones (excluding diaryl/α,β-unsaturated/α-hetero) is 1. The molecule has 3 rings (SSSR count). The van der Waals surface area contributed by atoms with E-state index >= 15 is 0 Å². The van der Waals surface area contributed by atoms with Crippen LogP contribution < -0.4 is 5.32 Å². The lowest BCUT2D eigenvalue weighted by atomic mass is 10.0.